The average Bonchev–Trinajstić information content (AvgIpc) is 2.71. The Morgan fingerprint density at radius 3 is 2.37 bits per heavy atom. The van der Waals surface area contributed by atoms with Crippen LogP contribution in [0.15, 0.2) is 42.5 Å². The van der Waals surface area contributed by atoms with Crippen molar-refractivity contribution in [1.82, 2.24) is 4.90 Å². The number of rotatable bonds is 4. The van der Waals surface area contributed by atoms with E-state index in [2.05, 4.69) is 5.32 Å². The molecule has 7 nitrogen and oxygen atoms in total. The summed E-state index contributed by atoms with van der Waals surface area (Å²) >= 11 is 0. The van der Waals surface area contributed by atoms with E-state index in [0.29, 0.717) is 31.6 Å². The molecule has 2 amide bonds. The number of carbonyl (C=O) groups excluding carboxylic acids is 3. The minimum absolute atomic E-state index is 0.322. The molecule has 2 aromatic rings. The minimum Gasteiger partial charge on any atom is -0.455 e. The monoisotopic (exact) mass is 412 g/mol. The van der Waals surface area contributed by atoms with Gasteiger partial charge < -0.3 is 19.7 Å². The Balaban J connectivity index is 1.43. The SMILES string of the molecule is CC(C)(C)OC(=O)N1CCC(C(=O)OCC(=O)Nc2ccc3ccccc3c2)CC1. The van der Waals surface area contributed by atoms with Crippen molar-refractivity contribution in [3.63, 3.8) is 0 Å². The van der Waals surface area contributed by atoms with E-state index in [1.807, 2.05) is 63.2 Å². The molecule has 7 heteroatoms. The number of ether oxygens (including phenoxy) is 2. The highest BCUT2D eigenvalue weighted by Crippen LogP contribution is 2.21. The van der Waals surface area contributed by atoms with Crippen molar-refractivity contribution in [3.8, 4) is 0 Å². The van der Waals surface area contributed by atoms with E-state index >= 15 is 0 Å². The summed E-state index contributed by atoms with van der Waals surface area (Å²) in [6, 6.07) is 13.5. The maximum absolute atomic E-state index is 12.3. The lowest BCUT2D eigenvalue weighted by molar-refractivity contribution is -0.153. The quantitative estimate of drug-likeness (QED) is 0.768. The summed E-state index contributed by atoms with van der Waals surface area (Å²) in [7, 11) is 0. The number of nitrogens with zero attached hydrogens (tertiary/aromatic N) is 1. The van der Waals surface area contributed by atoms with E-state index in [0.717, 1.165) is 10.8 Å². The molecule has 2 aromatic carbocycles. The number of nitrogens with one attached hydrogen (secondary N) is 1. The first kappa shape index (κ1) is 21.6. The third kappa shape index (κ3) is 5.95. The number of hydrogen-bond acceptors (Lipinski definition) is 5. The third-order valence-electron chi connectivity index (χ3n) is 4.86. The van der Waals surface area contributed by atoms with Gasteiger partial charge in [0, 0.05) is 18.8 Å². The molecular weight excluding hydrogens is 384 g/mol. The number of fused-ring (bicyclic) bond motifs is 1. The molecule has 160 valence electrons. The van der Waals surface area contributed by atoms with Crippen molar-refractivity contribution in [3.05, 3.63) is 42.5 Å². The first-order chi connectivity index (χ1) is 14.2. The Bertz CT molecular complexity index is 927. The van der Waals surface area contributed by atoms with Gasteiger partial charge >= 0.3 is 12.1 Å². The number of anilines is 1. The molecule has 0 unspecified atom stereocenters. The van der Waals surface area contributed by atoms with Crippen LogP contribution in [0, 0.1) is 5.92 Å². The number of esters is 1. The molecule has 30 heavy (non-hydrogen) atoms. The van der Waals surface area contributed by atoms with Gasteiger partial charge in [-0.3, -0.25) is 9.59 Å². The molecule has 0 saturated carbocycles. The van der Waals surface area contributed by atoms with Crippen molar-refractivity contribution in [2.24, 2.45) is 5.92 Å². The van der Waals surface area contributed by atoms with Gasteiger partial charge in [-0.2, -0.15) is 0 Å². The van der Waals surface area contributed by atoms with Crippen LogP contribution in [0.25, 0.3) is 10.8 Å². The highest BCUT2D eigenvalue weighted by Gasteiger charge is 2.30. The highest BCUT2D eigenvalue weighted by molar-refractivity contribution is 5.95. The fourth-order valence-electron chi connectivity index (χ4n) is 3.34. The zero-order valence-corrected chi connectivity index (χ0v) is 17.6. The van der Waals surface area contributed by atoms with Crippen LogP contribution in [-0.2, 0) is 19.1 Å². The first-order valence-corrected chi connectivity index (χ1v) is 10.1. The summed E-state index contributed by atoms with van der Waals surface area (Å²) < 4.78 is 10.5. The number of benzene rings is 2. The summed E-state index contributed by atoms with van der Waals surface area (Å²) in [6.45, 7) is 5.97. The van der Waals surface area contributed by atoms with Crippen LogP contribution in [0.4, 0.5) is 10.5 Å². The lowest BCUT2D eigenvalue weighted by Crippen LogP contribution is -2.43. The lowest BCUT2D eigenvalue weighted by atomic mass is 9.97. The van der Waals surface area contributed by atoms with Crippen LogP contribution in [0.2, 0.25) is 0 Å². The second-order valence-corrected chi connectivity index (χ2v) is 8.46. The third-order valence-corrected chi connectivity index (χ3v) is 4.86. The maximum atomic E-state index is 12.3. The molecule has 1 N–H and O–H groups in total. The van der Waals surface area contributed by atoms with Crippen molar-refractivity contribution >= 4 is 34.4 Å². The number of carbonyl (C=O) groups is 3. The molecule has 1 saturated heterocycles. The van der Waals surface area contributed by atoms with E-state index in [1.165, 1.54) is 0 Å². The predicted octanol–water partition coefficient (Wildman–Crippen LogP) is 3.97. The molecule has 0 atom stereocenters. The lowest BCUT2D eigenvalue weighted by Gasteiger charge is -2.32. The molecule has 1 aliphatic rings. The van der Waals surface area contributed by atoms with Gasteiger partial charge in [0.25, 0.3) is 5.91 Å². The average molecular weight is 412 g/mol. The second kappa shape index (κ2) is 9.15. The molecule has 0 bridgehead atoms. The Hall–Kier alpha value is -3.09. The fraction of sp³-hybridized carbons (Fsp3) is 0.435. The van der Waals surface area contributed by atoms with E-state index in [9.17, 15) is 14.4 Å². The topological polar surface area (TPSA) is 84.9 Å². The molecule has 0 aromatic heterocycles. The van der Waals surface area contributed by atoms with Crippen LogP contribution < -0.4 is 5.32 Å². The Morgan fingerprint density at radius 2 is 1.70 bits per heavy atom. The van der Waals surface area contributed by atoms with Crippen molar-refractivity contribution in [2.45, 2.75) is 39.2 Å². The molecule has 0 spiro atoms. The summed E-state index contributed by atoms with van der Waals surface area (Å²) in [5, 5.41) is 4.85. The van der Waals surface area contributed by atoms with Crippen LogP contribution in [0.1, 0.15) is 33.6 Å². The predicted molar refractivity (Wildman–Crippen MR) is 114 cm³/mol. The largest absolute Gasteiger partial charge is 0.455 e. The van der Waals surface area contributed by atoms with Crippen LogP contribution in [0.3, 0.4) is 0 Å². The van der Waals surface area contributed by atoms with E-state index in [4.69, 9.17) is 9.47 Å². The normalized spacial score (nSPS) is 15.0. The number of piperidine rings is 1. The van der Waals surface area contributed by atoms with Gasteiger partial charge in [-0.15, -0.1) is 0 Å². The molecule has 1 fully saturated rings. The molecule has 1 aliphatic heterocycles. The van der Waals surface area contributed by atoms with Crippen LogP contribution in [-0.4, -0.2) is 48.2 Å². The number of likely N-dealkylation sites (tertiary alicyclic amines) is 1. The Labute approximate surface area is 176 Å². The zero-order chi connectivity index (χ0) is 21.7. The van der Waals surface area contributed by atoms with Crippen LogP contribution >= 0.6 is 0 Å². The van der Waals surface area contributed by atoms with Crippen LogP contribution in [0.5, 0.6) is 0 Å². The minimum atomic E-state index is -0.550. The first-order valence-electron chi connectivity index (χ1n) is 10.1. The Morgan fingerprint density at radius 1 is 1.03 bits per heavy atom. The van der Waals surface area contributed by atoms with E-state index in [1.54, 1.807) is 4.90 Å². The molecule has 0 aliphatic carbocycles. The van der Waals surface area contributed by atoms with E-state index < -0.39 is 11.6 Å². The van der Waals surface area contributed by atoms with Gasteiger partial charge in [-0.1, -0.05) is 30.3 Å². The molecular formula is C23H28N2O5. The number of hydrogen-bond donors (Lipinski definition) is 1. The summed E-state index contributed by atoms with van der Waals surface area (Å²) in [4.78, 5) is 38.1. The highest BCUT2D eigenvalue weighted by atomic mass is 16.6. The second-order valence-electron chi connectivity index (χ2n) is 8.46. The fourth-order valence-corrected chi connectivity index (χ4v) is 3.34. The van der Waals surface area contributed by atoms with Gasteiger partial charge in [-0.05, 0) is 56.5 Å². The smallest absolute Gasteiger partial charge is 0.410 e. The Kier molecular flexibility index (Phi) is 6.59. The van der Waals surface area contributed by atoms with Crippen molar-refractivity contribution < 1.29 is 23.9 Å². The van der Waals surface area contributed by atoms with Gasteiger partial charge in [0.2, 0.25) is 0 Å². The number of amides is 2. The molecule has 1 heterocycles. The van der Waals surface area contributed by atoms with Gasteiger partial charge in [0.15, 0.2) is 6.61 Å². The molecule has 3 rings (SSSR count). The van der Waals surface area contributed by atoms with Crippen molar-refractivity contribution in [1.29, 1.82) is 0 Å². The summed E-state index contributed by atoms with van der Waals surface area (Å²) in [6.07, 6.45) is 0.610. The van der Waals surface area contributed by atoms with E-state index in [-0.39, 0.29) is 24.5 Å². The van der Waals surface area contributed by atoms with Gasteiger partial charge in [0.1, 0.15) is 5.60 Å². The summed E-state index contributed by atoms with van der Waals surface area (Å²) in [5.74, 6) is -1.12. The van der Waals surface area contributed by atoms with Gasteiger partial charge in [0.05, 0.1) is 5.92 Å². The van der Waals surface area contributed by atoms with Crippen molar-refractivity contribution in [2.75, 3.05) is 25.0 Å². The molecule has 0 radical (unpaired) electrons. The standard InChI is InChI=1S/C23H28N2O5/c1-23(2,3)30-22(28)25-12-10-17(11-13-25)21(27)29-15-20(26)24-19-9-8-16-6-4-5-7-18(16)14-19/h4-9,14,17H,10-13,15H2,1-3H3,(H,24,26). The summed E-state index contributed by atoms with van der Waals surface area (Å²) in [5.41, 5.74) is 0.103. The van der Waals surface area contributed by atoms with Gasteiger partial charge in [-0.25, -0.2) is 4.79 Å². The maximum Gasteiger partial charge on any atom is 0.410 e. The zero-order valence-electron chi connectivity index (χ0n) is 17.6.